The largest absolute Gasteiger partial charge is 0.399 e. The Balaban J connectivity index is 2.52. The molecule has 1 aliphatic carbocycles. The van der Waals surface area contributed by atoms with Gasteiger partial charge in [0.15, 0.2) is 0 Å². The molecule has 1 aromatic rings. The first-order chi connectivity index (χ1) is 7.32. The number of nitrogen functional groups attached to an aromatic ring is 1. The topological polar surface area (TPSA) is 101 Å². The van der Waals surface area contributed by atoms with Gasteiger partial charge in [-0.15, -0.1) is 0 Å². The molecule has 1 aromatic carbocycles. The minimum atomic E-state index is -4.55. The molecule has 1 unspecified atom stereocenters. The summed E-state index contributed by atoms with van der Waals surface area (Å²) in [5, 5.41) is 9.78. The van der Waals surface area contributed by atoms with Gasteiger partial charge in [0.1, 0.15) is 0 Å². The Bertz CT molecular complexity index is 564. The van der Waals surface area contributed by atoms with Crippen LogP contribution in [0.25, 0.3) is 6.08 Å². The van der Waals surface area contributed by atoms with Gasteiger partial charge in [-0.05, 0) is 29.3 Å². The summed E-state index contributed by atoms with van der Waals surface area (Å²) in [6.07, 6.45) is 2.32. The van der Waals surface area contributed by atoms with E-state index in [1.807, 2.05) is 0 Å². The summed E-state index contributed by atoms with van der Waals surface area (Å²) >= 11 is 0. The highest BCUT2D eigenvalue weighted by atomic mass is 32.2. The van der Waals surface area contributed by atoms with Crippen LogP contribution in [0.2, 0.25) is 0 Å². The quantitative estimate of drug-likeness (QED) is 0.488. The van der Waals surface area contributed by atoms with E-state index in [-0.39, 0.29) is 6.42 Å². The van der Waals surface area contributed by atoms with Gasteiger partial charge in [0.05, 0.1) is 0 Å². The second-order valence-electron chi connectivity index (χ2n) is 3.79. The smallest absolute Gasteiger partial charge is 0.299 e. The average Bonchev–Trinajstić information content (AvgIpc) is 2.15. The average molecular weight is 241 g/mol. The van der Waals surface area contributed by atoms with Crippen molar-refractivity contribution < 1.29 is 18.1 Å². The van der Waals surface area contributed by atoms with Gasteiger partial charge in [0.25, 0.3) is 10.1 Å². The Morgan fingerprint density at radius 1 is 1.38 bits per heavy atom. The lowest BCUT2D eigenvalue weighted by Crippen LogP contribution is -2.39. The lowest BCUT2D eigenvalue weighted by molar-refractivity contribution is 0.160. The second kappa shape index (κ2) is 3.31. The van der Waals surface area contributed by atoms with E-state index in [1.54, 1.807) is 18.2 Å². The van der Waals surface area contributed by atoms with Crippen LogP contribution in [0.1, 0.15) is 11.1 Å². The molecule has 0 aromatic heterocycles. The first-order valence-electron chi connectivity index (χ1n) is 4.59. The highest BCUT2D eigenvalue weighted by molar-refractivity contribution is 7.87. The van der Waals surface area contributed by atoms with E-state index >= 15 is 0 Å². The summed E-state index contributed by atoms with van der Waals surface area (Å²) in [7, 11) is -4.55. The molecule has 0 spiro atoms. The zero-order chi connectivity index (χ0) is 12.0. The van der Waals surface area contributed by atoms with Gasteiger partial charge in [-0.25, -0.2) is 0 Å². The third-order valence-corrected chi connectivity index (χ3v) is 3.75. The number of fused-ring (bicyclic) bond motifs is 1. The molecule has 0 saturated carbocycles. The molecular weight excluding hydrogens is 230 g/mol. The fourth-order valence-corrected chi connectivity index (χ4v) is 2.25. The maximum Gasteiger partial charge on any atom is 0.299 e. The molecular formula is C10H11NO4S. The molecule has 0 bridgehead atoms. The Labute approximate surface area is 93.0 Å². The maximum absolute atomic E-state index is 11.0. The van der Waals surface area contributed by atoms with Gasteiger partial charge in [0.2, 0.25) is 4.93 Å². The molecule has 1 atom stereocenters. The first kappa shape index (κ1) is 11.1. The molecule has 1 aliphatic rings. The van der Waals surface area contributed by atoms with E-state index in [1.165, 1.54) is 6.08 Å². The van der Waals surface area contributed by atoms with Gasteiger partial charge < -0.3 is 10.8 Å². The molecule has 86 valence electrons. The van der Waals surface area contributed by atoms with Gasteiger partial charge in [-0.3, -0.25) is 4.55 Å². The Hall–Kier alpha value is -1.37. The molecule has 6 heteroatoms. The first-order valence-corrected chi connectivity index (χ1v) is 6.03. The van der Waals surface area contributed by atoms with Crippen molar-refractivity contribution in [3.8, 4) is 0 Å². The summed E-state index contributed by atoms with van der Waals surface area (Å²) in [6.45, 7) is 0. The van der Waals surface area contributed by atoms with Crippen molar-refractivity contribution in [1.82, 2.24) is 0 Å². The van der Waals surface area contributed by atoms with Gasteiger partial charge >= 0.3 is 0 Å². The number of nitrogens with two attached hydrogens (primary N) is 1. The number of rotatable bonds is 1. The van der Waals surface area contributed by atoms with Crippen molar-refractivity contribution in [2.75, 3.05) is 5.73 Å². The number of benzene rings is 1. The number of hydrogen-bond acceptors (Lipinski definition) is 4. The van der Waals surface area contributed by atoms with E-state index < -0.39 is 15.1 Å². The zero-order valence-electron chi connectivity index (χ0n) is 8.29. The predicted octanol–water partition coefficient (Wildman–Crippen LogP) is 0.415. The van der Waals surface area contributed by atoms with Crippen molar-refractivity contribution in [3.63, 3.8) is 0 Å². The molecule has 4 N–H and O–H groups in total. The molecule has 5 nitrogen and oxygen atoms in total. The van der Waals surface area contributed by atoms with Crippen molar-refractivity contribution >= 4 is 21.9 Å². The Morgan fingerprint density at radius 2 is 2.06 bits per heavy atom. The van der Waals surface area contributed by atoms with E-state index in [0.717, 1.165) is 11.6 Å². The van der Waals surface area contributed by atoms with Crippen LogP contribution in [0.5, 0.6) is 0 Å². The van der Waals surface area contributed by atoms with Gasteiger partial charge in [0, 0.05) is 12.1 Å². The lowest BCUT2D eigenvalue weighted by atomic mass is 9.95. The van der Waals surface area contributed by atoms with Crippen LogP contribution in [0.4, 0.5) is 5.69 Å². The summed E-state index contributed by atoms with van der Waals surface area (Å²) in [6, 6.07) is 4.99. The van der Waals surface area contributed by atoms with Crippen LogP contribution in [-0.2, 0) is 16.5 Å². The molecule has 16 heavy (non-hydrogen) atoms. The fraction of sp³-hybridized carbons (Fsp3) is 0.200. The number of hydrogen-bond donors (Lipinski definition) is 3. The molecule has 0 aliphatic heterocycles. The van der Waals surface area contributed by atoms with Crippen molar-refractivity contribution in [1.29, 1.82) is 0 Å². The third-order valence-electron chi connectivity index (χ3n) is 2.58. The highest BCUT2D eigenvalue weighted by Gasteiger charge is 2.40. The summed E-state index contributed by atoms with van der Waals surface area (Å²) in [5.74, 6) is 0. The van der Waals surface area contributed by atoms with Crippen molar-refractivity contribution in [2.45, 2.75) is 11.4 Å². The van der Waals surface area contributed by atoms with Crippen LogP contribution in [0, 0.1) is 0 Å². The molecule has 0 amide bonds. The Kier molecular flexibility index (Phi) is 2.30. The van der Waals surface area contributed by atoms with E-state index in [2.05, 4.69) is 0 Å². The molecule has 0 heterocycles. The SMILES string of the molecule is Nc1ccc2c(c1)CC(O)(S(=O)(=O)O)C=C2. The molecule has 0 saturated heterocycles. The summed E-state index contributed by atoms with van der Waals surface area (Å²) in [4.78, 5) is -2.26. The Morgan fingerprint density at radius 3 is 2.69 bits per heavy atom. The van der Waals surface area contributed by atoms with E-state index in [4.69, 9.17) is 10.3 Å². The van der Waals surface area contributed by atoms with Crippen LogP contribution in [0.15, 0.2) is 24.3 Å². The molecule has 0 fully saturated rings. The standard InChI is InChI=1S/C10H11NO4S/c11-9-2-1-7-3-4-10(12,16(13,14)15)6-8(7)5-9/h1-5,12H,6,11H2,(H,13,14,15). The highest BCUT2D eigenvalue weighted by Crippen LogP contribution is 2.30. The summed E-state index contributed by atoms with van der Waals surface area (Å²) < 4.78 is 31.0. The normalized spacial score (nSPS) is 24.1. The molecule has 2 rings (SSSR count). The third kappa shape index (κ3) is 1.71. The maximum atomic E-state index is 11.0. The van der Waals surface area contributed by atoms with Gasteiger partial charge in [-0.1, -0.05) is 12.1 Å². The second-order valence-corrected chi connectivity index (χ2v) is 5.45. The molecule has 0 radical (unpaired) electrons. The number of aliphatic hydroxyl groups is 1. The van der Waals surface area contributed by atoms with Crippen LogP contribution in [-0.4, -0.2) is 23.0 Å². The minimum absolute atomic E-state index is 0.206. The number of anilines is 1. The van der Waals surface area contributed by atoms with Crippen molar-refractivity contribution in [3.05, 3.63) is 35.4 Å². The van der Waals surface area contributed by atoms with Gasteiger partial charge in [-0.2, -0.15) is 8.42 Å². The van der Waals surface area contributed by atoms with Crippen LogP contribution >= 0.6 is 0 Å². The lowest BCUT2D eigenvalue weighted by Gasteiger charge is -2.25. The van der Waals surface area contributed by atoms with Crippen molar-refractivity contribution in [2.24, 2.45) is 0 Å². The zero-order valence-corrected chi connectivity index (χ0v) is 9.11. The fourth-order valence-electron chi connectivity index (χ4n) is 1.67. The van der Waals surface area contributed by atoms with E-state index in [0.29, 0.717) is 11.3 Å². The summed E-state index contributed by atoms with van der Waals surface area (Å²) in [5.41, 5.74) is 7.41. The van der Waals surface area contributed by atoms with Crippen LogP contribution < -0.4 is 5.73 Å². The minimum Gasteiger partial charge on any atom is -0.399 e. The monoisotopic (exact) mass is 241 g/mol. The van der Waals surface area contributed by atoms with Crippen LogP contribution in [0.3, 0.4) is 0 Å². The predicted molar refractivity (Wildman–Crippen MR) is 60.1 cm³/mol. The van der Waals surface area contributed by atoms with E-state index in [9.17, 15) is 13.5 Å².